The minimum absolute atomic E-state index is 0.114. The van der Waals surface area contributed by atoms with Crippen molar-refractivity contribution in [2.24, 2.45) is 11.3 Å². The molecule has 8 heteroatoms. The summed E-state index contributed by atoms with van der Waals surface area (Å²) in [7, 11) is 5.21. The van der Waals surface area contributed by atoms with Gasteiger partial charge in [-0.15, -0.1) is 0 Å². The van der Waals surface area contributed by atoms with Crippen LogP contribution in [-0.2, 0) is 35.6 Å². The average molecular weight is 551 g/mol. The van der Waals surface area contributed by atoms with E-state index in [-0.39, 0.29) is 11.7 Å². The zero-order chi connectivity index (χ0) is 29.0. The smallest absolute Gasteiger partial charge is 0.323 e. The van der Waals surface area contributed by atoms with Crippen molar-refractivity contribution in [3.8, 4) is 0 Å². The molecule has 3 aliphatic carbocycles. The number of para-hydroxylation sites is 1. The van der Waals surface area contributed by atoms with Crippen molar-refractivity contribution in [2.45, 2.75) is 94.9 Å². The Morgan fingerprint density at radius 2 is 1.88 bits per heavy atom. The van der Waals surface area contributed by atoms with Crippen LogP contribution in [0.15, 0.2) is 35.9 Å². The van der Waals surface area contributed by atoms with Crippen molar-refractivity contribution in [1.82, 2.24) is 9.88 Å². The molecule has 2 aromatic rings. The van der Waals surface area contributed by atoms with Crippen LogP contribution in [0.1, 0.15) is 65.1 Å². The molecule has 1 aromatic heterocycles. The number of likely N-dealkylation sites (N-methyl/N-ethyl adjacent to an activating group) is 1. The van der Waals surface area contributed by atoms with Crippen LogP contribution in [0.25, 0.3) is 10.9 Å². The highest BCUT2D eigenvalue weighted by atomic mass is 16.7. The van der Waals surface area contributed by atoms with Gasteiger partial charge in [-0.3, -0.25) is 14.5 Å². The molecule has 0 unspecified atom stereocenters. The lowest BCUT2D eigenvalue weighted by Crippen LogP contribution is -2.76. The molecule has 2 N–H and O–H groups in total. The van der Waals surface area contributed by atoms with E-state index in [2.05, 4.69) is 37.0 Å². The number of carbonyl (C=O) groups excluding carboxylic acids is 2. The molecule has 2 heterocycles. The molecule has 2 fully saturated rings. The summed E-state index contributed by atoms with van der Waals surface area (Å²) in [6, 6.07) is 7.81. The minimum atomic E-state index is -1.72. The second-order valence-corrected chi connectivity index (χ2v) is 13.5. The molecule has 4 aliphatic rings. The number of aliphatic hydroxyl groups is 1. The van der Waals surface area contributed by atoms with Gasteiger partial charge in [-0.05, 0) is 77.8 Å². The predicted octanol–water partition coefficient (Wildman–Crippen LogP) is 4.04. The van der Waals surface area contributed by atoms with E-state index < -0.39 is 45.9 Å². The van der Waals surface area contributed by atoms with Crippen LogP contribution in [0.5, 0.6) is 0 Å². The lowest BCUT2D eigenvalue weighted by molar-refractivity contribution is -0.311. The quantitative estimate of drug-likeness (QED) is 0.554. The fourth-order valence-corrected chi connectivity index (χ4v) is 8.43. The molecule has 0 amide bonds. The number of methoxy groups -OCH3 is 1. The summed E-state index contributed by atoms with van der Waals surface area (Å²) >= 11 is 0. The number of nitrogens with zero attached hydrogens (tertiary/aromatic N) is 1. The van der Waals surface area contributed by atoms with Gasteiger partial charge in [0, 0.05) is 46.5 Å². The Bertz CT molecular complexity index is 1440. The van der Waals surface area contributed by atoms with Crippen LogP contribution in [0.2, 0.25) is 0 Å². The number of aromatic amines is 1. The largest absolute Gasteiger partial charge is 0.458 e. The summed E-state index contributed by atoms with van der Waals surface area (Å²) in [5.74, 6) is -1.85. The molecular weight excluding hydrogens is 508 g/mol. The zero-order valence-corrected chi connectivity index (χ0v) is 24.9. The number of fused-ring (bicyclic) bond motifs is 9. The number of benzene rings is 1. The number of rotatable bonds is 4. The Hall–Kier alpha value is -2.52. The van der Waals surface area contributed by atoms with Crippen molar-refractivity contribution >= 4 is 22.7 Å². The summed E-state index contributed by atoms with van der Waals surface area (Å²) in [6.45, 7) is 9.58. The van der Waals surface area contributed by atoms with E-state index in [1.807, 2.05) is 20.2 Å². The number of ketones is 1. The Kier molecular flexibility index (Phi) is 5.88. The highest BCUT2D eigenvalue weighted by Gasteiger charge is 2.76. The molecule has 0 saturated heterocycles. The van der Waals surface area contributed by atoms with Crippen LogP contribution < -0.4 is 0 Å². The van der Waals surface area contributed by atoms with Crippen molar-refractivity contribution in [1.29, 1.82) is 0 Å². The molecule has 2 saturated carbocycles. The lowest BCUT2D eigenvalue weighted by atomic mass is 9.41. The average Bonchev–Trinajstić information content (AvgIpc) is 3.41. The first kappa shape index (κ1) is 27.6. The molecule has 0 spiro atoms. The van der Waals surface area contributed by atoms with Crippen molar-refractivity contribution in [3.63, 3.8) is 0 Å². The van der Waals surface area contributed by atoms with Crippen molar-refractivity contribution < 1.29 is 28.9 Å². The van der Waals surface area contributed by atoms with Gasteiger partial charge in [0.2, 0.25) is 0 Å². The summed E-state index contributed by atoms with van der Waals surface area (Å²) < 4.78 is 18.8. The first-order valence-corrected chi connectivity index (χ1v) is 14.4. The molecule has 0 radical (unpaired) electrons. The Morgan fingerprint density at radius 1 is 1.18 bits per heavy atom. The highest BCUT2D eigenvalue weighted by molar-refractivity contribution is 5.98. The van der Waals surface area contributed by atoms with E-state index >= 15 is 0 Å². The highest BCUT2D eigenvalue weighted by Crippen LogP contribution is 2.71. The van der Waals surface area contributed by atoms with E-state index in [0.29, 0.717) is 24.8 Å². The van der Waals surface area contributed by atoms with E-state index in [9.17, 15) is 14.7 Å². The number of nitrogens with one attached hydrogen (secondary N) is 1. The third kappa shape index (κ3) is 3.22. The second-order valence-electron chi connectivity index (χ2n) is 13.5. The molecular formula is C32H42N2O6. The SMILES string of the molecule is CO[C@]12CC[C@]3(C)[C@@]4(C)c5[nH]c6ccccc6c5C[C@@H]4C[C@H](OC(=O)[C@H](C)N(C)C)[C@@]3(O)C1=CC(=O)C(C)(C)O2. The molecule has 40 heavy (non-hydrogen) atoms. The lowest BCUT2D eigenvalue weighted by Gasteiger charge is -2.68. The van der Waals surface area contributed by atoms with E-state index in [1.54, 1.807) is 32.8 Å². The maximum absolute atomic E-state index is 13.4. The van der Waals surface area contributed by atoms with Gasteiger partial charge in [-0.1, -0.05) is 32.0 Å². The van der Waals surface area contributed by atoms with Gasteiger partial charge >= 0.3 is 5.97 Å². The van der Waals surface area contributed by atoms with Gasteiger partial charge in [-0.2, -0.15) is 0 Å². The van der Waals surface area contributed by atoms with Crippen LogP contribution >= 0.6 is 0 Å². The number of esters is 1. The fraction of sp³-hybridized carbons (Fsp3) is 0.625. The maximum atomic E-state index is 13.4. The van der Waals surface area contributed by atoms with Gasteiger partial charge in [0.05, 0.1) is 0 Å². The first-order valence-electron chi connectivity index (χ1n) is 14.4. The minimum Gasteiger partial charge on any atom is -0.458 e. The van der Waals surface area contributed by atoms with E-state index in [1.165, 1.54) is 17.0 Å². The number of ether oxygens (including phenoxy) is 3. The molecule has 1 aliphatic heterocycles. The maximum Gasteiger partial charge on any atom is 0.323 e. The van der Waals surface area contributed by atoms with Gasteiger partial charge in [0.1, 0.15) is 23.3 Å². The normalized spacial score (nSPS) is 38.8. The van der Waals surface area contributed by atoms with Crippen LogP contribution in [0, 0.1) is 11.3 Å². The third-order valence-electron chi connectivity index (χ3n) is 11.3. The Balaban J connectivity index is 1.58. The summed E-state index contributed by atoms with van der Waals surface area (Å²) in [4.78, 5) is 32.4. The standard InChI is InChI=1S/C32H42N2O6/c1-18(34(6)7)27(36)39-25-16-19-15-21-20-11-9-10-12-22(20)33-26(21)30(19,5)29(4)13-14-31(38-8)23(32(25,29)37)17-24(35)28(2,3)40-31/h9-12,17-19,25,33,37H,13-16H2,1-8H3/t18-,19+,25-,29+,30+,31-,32-/m0/s1. The van der Waals surface area contributed by atoms with Gasteiger partial charge in [-0.25, -0.2) is 0 Å². The number of aromatic nitrogens is 1. The van der Waals surface area contributed by atoms with Gasteiger partial charge in [0.15, 0.2) is 11.6 Å². The van der Waals surface area contributed by atoms with Crippen LogP contribution in [0.4, 0.5) is 0 Å². The van der Waals surface area contributed by atoms with E-state index in [4.69, 9.17) is 14.2 Å². The van der Waals surface area contributed by atoms with E-state index in [0.717, 1.165) is 17.6 Å². The number of hydrogen-bond donors (Lipinski definition) is 2. The molecule has 7 atom stereocenters. The fourth-order valence-electron chi connectivity index (χ4n) is 8.43. The van der Waals surface area contributed by atoms with Gasteiger partial charge < -0.3 is 24.3 Å². The number of H-pyrrole nitrogens is 1. The third-order valence-corrected chi connectivity index (χ3v) is 11.3. The second kappa shape index (κ2) is 8.51. The van der Waals surface area contributed by atoms with Crippen molar-refractivity contribution in [2.75, 3.05) is 21.2 Å². The Labute approximate surface area is 236 Å². The van der Waals surface area contributed by atoms with Gasteiger partial charge in [0.25, 0.3) is 0 Å². The monoisotopic (exact) mass is 550 g/mol. The summed E-state index contributed by atoms with van der Waals surface area (Å²) in [6.07, 6.45) is 2.89. The molecule has 216 valence electrons. The summed E-state index contributed by atoms with van der Waals surface area (Å²) in [5.41, 5.74) is -0.335. The summed E-state index contributed by atoms with van der Waals surface area (Å²) in [5, 5.41) is 14.5. The predicted molar refractivity (Wildman–Crippen MR) is 151 cm³/mol. The molecule has 0 bridgehead atoms. The number of hydrogen-bond acceptors (Lipinski definition) is 7. The van der Waals surface area contributed by atoms with Crippen LogP contribution in [-0.4, -0.2) is 77.1 Å². The number of carbonyl (C=O) groups is 2. The first-order chi connectivity index (χ1) is 18.7. The van der Waals surface area contributed by atoms with Crippen LogP contribution in [0.3, 0.4) is 0 Å². The topological polar surface area (TPSA) is 101 Å². The zero-order valence-electron chi connectivity index (χ0n) is 24.9. The molecule has 1 aromatic carbocycles. The molecule has 8 nitrogen and oxygen atoms in total. The van der Waals surface area contributed by atoms with Crippen molar-refractivity contribution in [3.05, 3.63) is 47.2 Å². The Morgan fingerprint density at radius 3 is 2.55 bits per heavy atom. The molecule has 6 rings (SSSR count).